The first-order valence-electron chi connectivity index (χ1n) is 5.07. The summed E-state index contributed by atoms with van der Waals surface area (Å²) in [6.45, 7) is 0.852. The molecule has 1 heterocycles. The summed E-state index contributed by atoms with van der Waals surface area (Å²) in [4.78, 5) is 24.6. The topological polar surface area (TPSA) is 57.6 Å². The highest BCUT2D eigenvalue weighted by molar-refractivity contribution is 5.86. The first-order valence-corrected chi connectivity index (χ1v) is 5.07. The molecule has 1 saturated heterocycles. The molecule has 0 aromatic heterocycles. The van der Waals surface area contributed by atoms with E-state index in [9.17, 15) is 9.59 Å². The number of hydrogen-bond donors (Lipinski definition) is 1. The first-order chi connectivity index (χ1) is 6.61. The Hall–Kier alpha value is -0.900. The van der Waals surface area contributed by atoms with Crippen molar-refractivity contribution in [2.24, 2.45) is 11.8 Å². The van der Waals surface area contributed by atoms with Gasteiger partial charge in [-0.3, -0.25) is 9.59 Å². The number of Topliss-reactive ketones (excluding diaryl/α,β-unsaturated/α-hetero) is 1. The third-order valence-corrected chi connectivity index (χ3v) is 3.56. The summed E-state index contributed by atoms with van der Waals surface area (Å²) in [5.74, 6) is -0.849. The first kappa shape index (κ1) is 9.65. The number of rotatable bonds is 1. The van der Waals surface area contributed by atoms with Crippen molar-refractivity contribution in [3.05, 3.63) is 0 Å². The van der Waals surface area contributed by atoms with Crippen molar-refractivity contribution in [3.63, 3.8) is 0 Å². The summed E-state index contributed by atoms with van der Waals surface area (Å²) in [5, 5.41) is 9.05. The molecule has 0 radical (unpaired) electrons. The van der Waals surface area contributed by atoms with Gasteiger partial charge in [0.1, 0.15) is 5.78 Å². The number of carbonyl (C=O) groups excluding carboxylic acids is 1. The standard InChI is InChI=1S/C10H15NO3/c1-11-5-4-6-8(12)3-2-7(9(6)11)10(13)14/h6-7,9H,2-5H2,1H3,(H,13,14). The molecule has 4 heteroatoms. The number of carbonyl (C=O) groups is 2. The zero-order chi connectivity index (χ0) is 10.3. The van der Waals surface area contributed by atoms with Crippen LogP contribution in [0.2, 0.25) is 0 Å². The summed E-state index contributed by atoms with van der Waals surface area (Å²) in [5.41, 5.74) is 0. The molecule has 1 saturated carbocycles. The molecule has 3 atom stereocenters. The van der Waals surface area contributed by atoms with Gasteiger partial charge in [0.25, 0.3) is 0 Å². The molecule has 1 aliphatic heterocycles. The minimum atomic E-state index is -0.749. The van der Waals surface area contributed by atoms with Crippen LogP contribution in [0.3, 0.4) is 0 Å². The quantitative estimate of drug-likeness (QED) is 0.660. The third kappa shape index (κ3) is 1.34. The second kappa shape index (κ2) is 3.35. The minimum Gasteiger partial charge on any atom is -0.481 e. The average Bonchev–Trinajstić information content (AvgIpc) is 2.50. The molecule has 0 spiro atoms. The van der Waals surface area contributed by atoms with Gasteiger partial charge in [-0.25, -0.2) is 0 Å². The van der Waals surface area contributed by atoms with Crippen LogP contribution in [0.1, 0.15) is 19.3 Å². The zero-order valence-corrected chi connectivity index (χ0v) is 8.27. The molecule has 78 valence electrons. The highest BCUT2D eigenvalue weighted by Crippen LogP contribution is 2.36. The number of nitrogens with zero attached hydrogens (tertiary/aromatic N) is 1. The predicted octanol–water partition coefficient (Wildman–Crippen LogP) is 0.370. The van der Waals surface area contributed by atoms with Crippen LogP contribution in [-0.2, 0) is 9.59 Å². The van der Waals surface area contributed by atoms with E-state index < -0.39 is 5.97 Å². The summed E-state index contributed by atoms with van der Waals surface area (Å²) >= 11 is 0. The van der Waals surface area contributed by atoms with Gasteiger partial charge >= 0.3 is 5.97 Å². The van der Waals surface area contributed by atoms with E-state index in [1.165, 1.54) is 0 Å². The van der Waals surface area contributed by atoms with Crippen molar-refractivity contribution in [1.82, 2.24) is 4.90 Å². The number of carboxylic acids is 1. The Kier molecular flexibility index (Phi) is 2.31. The number of likely N-dealkylation sites (tertiary alicyclic amines) is 1. The molecule has 0 aromatic carbocycles. The molecule has 2 aliphatic rings. The van der Waals surface area contributed by atoms with Gasteiger partial charge in [0.2, 0.25) is 0 Å². The SMILES string of the molecule is CN1CCC2C(=O)CCC(C(=O)O)C21. The number of hydrogen-bond acceptors (Lipinski definition) is 3. The Morgan fingerprint density at radius 2 is 2.21 bits per heavy atom. The number of aliphatic carboxylic acids is 1. The van der Waals surface area contributed by atoms with Gasteiger partial charge < -0.3 is 10.0 Å². The summed E-state index contributed by atoms with van der Waals surface area (Å²) < 4.78 is 0. The Labute approximate surface area is 82.9 Å². The highest BCUT2D eigenvalue weighted by atomic mass is 16.4. The van der Waals surface area contributed by atoms with Crippen molar-refractivity contribution < 1.29 is 14.7 Å². The zero-order valence-electron chi connectivity index (χ0n) is 8.27. The molecule has 1 aliphatic carbocycles. The second-order valence-corrected chi connectivity index (χ2v) is 4.32. The fraction of sp³-hybridized carbons (Fsp3) is 0.800. The predicted molar refractivity (Wildman–Crippen MR) is 49.9 cm³/mol. The van der Waals surface area contributed by atoms with Crippen molar-refractivity contribution in [3.8, 4) is 0 Å². The van der Waals surface area contributed by atoms with Gasteiger partial charge in [0.15, 0.2) is 0 Å². The fourth-order valence-electron chi connectivity index (χ4n) is 2.83. The van der Waals surface area contributed by atoms with Crippen molar-refractivity contribution in [1.29, 1.82) is 0 Å². The van der Waals surface area contributed by atoms with E-state index in [0.717, 1.165) is 13.0 Å². The molecule has 2 fully saturated rings. The summed E-state index contributed by atoms with van der Waals surface area (Å²) in [6, 6.07) is -0.0475. The number of fused-ring (bicyclic) bond motifs is 1. The maximum absolute atomic E-state index is 11.6. The number of carboxylic acid groups (broad SMARTS) is 1. The van der Waals surface area contributed by atoms with E-state index in [1.807, 2.05) is 11.9 Å². The van der Waals surface area contributed by atoms with Crippen LogP contribution in [-0.4, -0.2) is 41.4 Å². The monoisotopic (exact) mass is 197 g/mol. The highest BCUT2D eigenvalue weighted by Gasteiger charge is 2.47. The lowest BCUT2D eigenvalue weighted by atomic mass is 9.76. The van der Waals surface area contributed by atoms with E-state index in [2.05, 4.69) is 0 Å². The lowest BCUT2D eigenvalue weighted by Gasteiger charge is -2.33. The Morgan fingerprint density at radius 3 is 2.86 bits per heavy atom. The van der Waals surface area contributed by atoms with Crippen LogP contribution < -0.4 is 0 Å². The molecule has 14 heavy (non-hydrogen) atoms. The van der Waals surface area contributed by atoms with E-state index in [0.29, 0.717) is 12.8 Å². The van der Waals surface area contributed by atoms with Gasteiger partial charge in [0.05, 0.1) is 5.92 Å². The summed E-state index contributed by atoms with van der Waals surface area (Å²) in [7, 11) is 1.92. The smallest absolute Gasteiger partial charge is 0.308 e. The van der Waals surface area contributed by atoms with E-state index >= 15 is 0 Å². The average molecular weight is 197 g/mol. The maximum Gasteiger partial charge on any atom is 0.308 e. The molecule has 0 amide bonds. The van der Waals surface area contributed by atoms with Gasteiger partial charge in [0, 0.05) is 18.4 Å². The third-order valence-electron chi connectivity index (χ3n) is 3.56. The second-order valence-electron chi connectivity index (χ2n) is 4.32. The van der Waals surface area contributed by atoms with Crippen LogP contribution in [0.25, 0.3) is 0 Å². The van der Waals surface area contributed by atoms with E-state index in [1.54, 1.807) is 0 Å². The summed E-state index contributed by atoms with van der Waals surface area (Å²) in [6.07, 6.45) is 1.80. The van der Waals surface area contributed by atoms with Crippen LogP contribution >= 0.6 is 0 Å². The van der Waals surface area contributed by atoms with Crippen molar-refractivity contribution >= 4 is 11.8 Å². The van der Waals surface area contributed by atoms with Crippen LogP contribution in [0.15, 0.2) is 0 Å². The lowest BCUT2D eigenvalue weighted by molar-refractivity contribution is -0.147. The molecule has 0 bridgehead atoms. The van der Waals surface area contributed by atoms with E-state index in [-0.39, 0.29) is 23.7 Å². The van der Waals surface area contributed by atoms with Gasteiger partial charge in [-0.05, 0) is 26.4 Å². The minimum absolute atomic E-state index is 0.0187. The van der Waals surface area contributed by atoms with Crippen LogP contribution in [0.4, 0.5) is 0 Å². The lowest BCUT2D eigenvalue weighted by Crippen LogP contribution is -2.46. The van der Waals surface area contributed by atoms with Crippen molar-refractivity contribution in [2.45, 2.75) is 25.3 Å². The molecule has 3 unspecified atom stereocenters. The molecular formula is C10H15NO3. The van der Waals surface area contributed by atoms with E-state index in [4.69, 9.17) is 5.11 Å². The Morgan fingerprint density at radius 1 is 1.50 bits per heavy atom. The fourth-order valence-corrected chi connectivity index (χ4v) is 2.83. The largest absolute Gasteiger partial charge is 0.481 e. The number of ketones is 1. The van der Waals surface area contributed by atoms with Crippen LogP contribution in [0, 0.1) is 11.8 Å². The van der Waals surface area contributed by atoms with Gasteiger partial charge in [-0.1, -0.05) is 0 Å². The Bertz CT molecular complexity index is 277. The molecular weight excluding hydrogens is 182 g/mol. The molecule has 1 N–H and O–H groups in total. The van der Waals surface area contributed by atoms with Gasteiger partial charge in [-0.2, -0.15) is 0 Å². The van der Waals surface area contributed by atoms with Gasteiger partial charge in [-0.15, -0.1) is 0 Å². The maximum atomic E-state index is 11.6. The molecule has 2 rings (SSSR count). The normalized spacial score (nSPS) is 38.4. The van der Waals surface area contributed by atoms with Crippen LogP contribution in [0.5, 0.6) is 0 Å². The Balaban J connectivity index is 2.23. The van der Waals surface area contributed by atoms with Crippen molar-refractivity contribution in [2.75, 3.05) is 13.6 Å². The molecule has 0 aromatic rings. The molecule has 4 nitrogen and oxygen atoms in total.